The van der Waals surface area contributed by atoms with Crippen LogP contribution in [0.4, 0.5) is 5.69 Å². The number of benzene rings is 3. The molecule has 150 valence electrons. The molecule has 2 heterocycles. The highest BCUT2D eigenvalue weighted by Crippen LogP contribution is 2.27. The number of fused-ring (bicyclic) bond motifs is 1. The van der Waals surface area contributed by atoms with Crippen LogP contribution in [0.25, 0.3) is 6.08 Å². The number of aromatic hydroxyl groups is 1. The first-order valence-electron chi connectivity index (χ1n) is 9.59. The maximum absolute atomic E-state index is 13.2. The Labute approximate surface area is 177 Å². The van der Waals surface area contributed by atoms with Crippen molar-refractivity contribution in [3.63, 3.8) is 0 Å². The summed E-state index contributed by atoms with van der Waals surface area (Å²) in [5.74, 6) is -0.360. The highest BCUT2D eigenvalue weighted by Gasteiger charge is 2.34. The number of amides is 2. The van der Waals surface area contributed by atoms with Crippen LogP contribution in [0.1, 0.15) is 16.7 Å². The Balaban J connectivity index is 1.61. The van der Waals surface area contributed by atoms with Gasteiger partial charge in [-0.05, 0) is 29.8 Å². The quantitative estimate of drug-likeness (QED) is 0.651. The molecule has 0 radical (unpaired) electrons. The van der Waals surface area contributed by atoms with E-state index in [1.54, 1.807) is 30.3 Å². The normalized spacial score (nSPS) is 17.8. The van der Waals surface area contributed by atoms with E-state index >= 15 is 0 Å². The van der Waals surface area contributed by atoms with Crippen LogP contribution in [0.15, 0.2) is 94.7 Å². The largest absolute Gasteiger partial charge is 0.508 e. The number of nitrogens with one attached hydrogen (secondary N) is 1. The van der Waals surface area contributed by atoms with Crippen molar-refractivity contribution in [3.05, 3.63) is 101 Å². The number of phenolic OH excluding ortho intramolecular Hbond substituents is 1. The van der Waals surface area contributed by atoms with E-state index < -0.39 is 5.91 Å². The molecule has 7 nitrogen and oxygen atoms in total. The first-order valence-corrected chi connectivity index (χ1v) is 9.59. The number of rotatable bonds is 3. The SMILES string of the molecule is O=C1Nc2ccccc2/C1=N/N1C(=O)/C(=C/c2ccc(O)cc2)N=C1c1ccccc1. The summed E-state index contributed by atoms with van der Waals surface area (Å²) in [7, 11) is 0. The second-order valence-corrected chi connectivity index (χ2v) is 6.99. The standard InChI is InChI=1S/C24H16N4O3/c29-17-12-10-15(11-13-17)14-20-24(31)28(22(25-20)16-6-2-1-3-7-16)27-21-18-8-4-5-9-19(18)26-23(21)30/h1-14,29H,(H,26,27,30)/b20-14-. The Morgan fingerprint density at radius 3 is 2.39 bits per heavy atom. The molecule has 0 aromatic heterocycles. The average molecular weight is 408 g/mol. The van der Waals surface area contributed by atoms with E-state index in [0.29, 0.717) is 28.2 Å². The molecule has 2 N–H and O–H groups in total. The number of para-hydroxylation sites is 1. The average Bonchev–Trinajstić information content (AvgIpc) is 3.27. The molecule has 0 bridgehead atoms. The fraction of sp³-hybridized carbons (Fsp3) is 0. The fourth-order valence-corrected chi connectivity index (χ4v) is 3.40. The summed E-state index contributed by atoms with van der Waals surface area (Å²) in [5.41, 5.74) is 3.01. The van der Waals surface area contributed by atoms with Gasteiger partial charge in [-0.15, -0.1) is 0 Å². The van der Waals surface area contributed by atoms with Crippen molar-refractivity contribution in [1.29, 1.82) is 0 Å². The molecule has 5 rings (SSSR count). The van der Waals surface area contributed by atoms with Gasteiger partial charge in [0.25, 0.3) is 11.8 Å². The van der Waals surface area contributed by atoms with E-state index in [1.807, 2.05) is 42.5 Å². The van der Waals surface area contributed by atoms with Gasteiger partial charge in [-0.3, -0.25) is 9.59 Å². The molecule has 0 saturated carbocycles. The van der Waals surface area contributed by atoms with Gasteiger partial charge in [0.2, 0.25) is 0 Å². The smallest absolute Gasteiger partial charge is 0.298 e. The monoisotopic (exact) mass is 408 g/mol. The molecular formula is C24H16N4O3. The molecule has 2 aliphatic heterocycles. The lowest BCUT2D eigenvalue weighted by atomic mass is 10.1. The zero-order chi connectivity index (χ0) is 21.4. The number of carbonyl (C=O) groups is 2. The summed E-state index contributed by atoms with van der Waals surface area (Å²) in [6.45, 7) is 0. The summed E-state index contributed by atoms with van der Waals surface area (Å²) in [6.07, 6.45) is 1.62. The Bertz CT molecular complexity index is 1290. The lowest BCUT2D eigenvalue weighted by Gasteiger charge is -2.13. The van der Waals surface area contributed by atoms with Crippen molar-refractivity contribution >= 4 is 35.1 Å². The van der Waals surface area contributed by atoms with Gasteiger partial charge < -0.3 is 10.4 Å². The molecule has 0 fully saturated rings. The molecule has 2 amide bonds. The molecule has 0 aliphatic carbocycles. The van der Waals surface area contributed by atoms with Gasteiger partial charge in [0.15, 0.2) is 11.5 Å². The second kappa shape index (κ2) is 7.38. The van der Waals surface area contributed by atoms with Crippen molar-refractivity contribution in [3.8, 4) is 5.75 Å². The number of nitrogens with zero attached hydrogens (tertiary/aromatic N) is 3. The molecule has 3 aromatic carbocycles. The lowest BCUT2D eigenvalue weighted by Crippen LogP contribution is -2.30. The summed E-state index contributed by atoms with van der Waals surface area (Å²) in [6, 6.07) is 22.8. The minimum Gasteiger partial charge on any atom is -0.508 e. The van der Waals surface area contributed by atoms with Gasteiger partial charge in [0.05, 0.1) is 5.69 Å². The van der Waals surface area contributed by atoms with Crippen LogP contribution in [0.3, 0.4) is 0 Å². The van der Waals surface area contributed by atoms with Crippen molar-refractivity contribution in [1.82, 2.24) is 5.01 Å². The molecule has 7 heteroatoms. The van der Waals surface area contributed by atoms with Gasteiger partial charge >= 0.3 is 0 Å². The van der Waals surface area contributed by atoms with Crippen LogP contribution in [-0.2, 0) is 9.59 Å². The minimum absolute atomic E-state index is 0.132. The van der Waals surface area contributed by atoms with Crippen molar-refractivity contribution < 1.29 is 14.7 Å². The van der Waals surface area contributed by atoms with Gasteiger partial charge in [-0.2, -0.15) is 10.1 Å². The lowest BCUT2D eigenvalue weighted by molar-refractivity contribution is -0.122. The molecular weight excluding hydrogens is 392 g/mol. The predicted molar refractivity (Wildman–Crippen MR) is 118 cm³/mol. The van der Waals surface area contributed by atoms with E-state index in [0.717, 1.165) is 0 Å². The molecule has 0 unspecified atom stereocenters. The zero-order valence-corrected chi connectivity index (χ0v) is 16.2. The Morgan fingerprint density at radius 2 is 1.61 bits per heavy atom. The van der Waals surface area contributed by atoms with Gasteiger partial charge in [0.1, 0.15) is 11.4 Å². The first-order chi connectivity index (χ1) is 15.1. The van der Waals surface area contributed by atoms with Crippen molar-refractivity contribution in [2.45, 2.75) is 0 Å². The van der Waals surface area contributed by atoms with Crippen LogP contribution in [-0.4, -0.2) is 33.5 Å². The van der Waals surface area contributed by atoms with Crippen molar-refractivity contribution in [2.24, 2.45) is 10.1 Å². The number of hydrazone groups is 1. The van der Waals surface area contributed by atoms with Gasteiger partial charge in [0, 0.05) is 11.1 Å². The van der Waals surface area contributed by atoms with Gasteiger partial charge in [-0.25, -0.2) is 4.99 Å². The highest BCUT2D eigenvalue weighted by atomic mass is 16.3. The molecule has 2 aliphatic rings. The summed E-state index contributed by atoms with van der Waals surface area (Å²) in [5, 5.41) is 17.8. The highest BCUT2D eigenvalue weighted by molar-refractivity contribution is 6.54. The van der Waals surface area contributed by atoms with E-state index in [1.165, 1.54) is 17.1 Å². The van der Waals surface area contributed by atoms with E-state index in [2.05, 4.69) is 15.4 Å². The molecule has 0 spiro atoms. The van der Waals surface area contributed by atoms with Crippen LogP contribution in [0, 0.1) is 0 Å². The maximum atomic E-state index is 13.2. The number of anilines is 1. The van der Waals surface area contributed by atoms with Gasteiger partial charge in [-0.1, -0.05) is 60.7 Å². The fourth-order valence-electron chi connectivity index (χ4n) is 3.40. The Kier molecular flexibility index (Phi) is 4.41. The number of phenols is 1. The number of hydrogen-bond acceptors (Lipinski definition) is 5. The third kappa shape index (κ3) is 3.38. The molecule has 3 aromatic rings. The summed E-state index contributed by atoms with van der Waals surface area (Å²) in [4.78, 5) is 30.3. The van der Waals surface area contributed by atoms with Crippen molar-refractivity contribution in [2.75, 3.05) is 5.32 Å². The number of amidine groups is 1. The topological polar surface area (TPSA) is 94.4 Å². The van der Waals surface area contributed by atoms with E-state index in [4.69, 9.17) is 0 Å². The number of carbonyl (C=O) groups excluding carboxylic acids is 2. The third-order valence-corrected chi connectivity index (χ3v) is 4.91. The molecule has 0 atom stereocenters. The second-order valence-electron chi connectivity index (χ2n) is 6.99. The molecule has 31 heavy (non-hydrogen) atoms. The maximum Gasteiger partial charge on any atom is 0.298 e. The van der Waals surface area contributed by atoms with Crippen LogP contribution in [0.5, 0.6) is 5.75 Å². The minimum atomic E-state index is -0.448. The Morgan fingerprint density at radius 1 is 0.903 bits per heavy atom. The number of hydrogen-bond donors (Lipinski definition) is 2. The van der Waals surface area contributed by atoms with Crippen LogP contribution >= 0.6 is 0 Å². The predicted octanol–water partition coefficient (Wildman–Crippen LogP) is 3.38. The zero-order valence-electron chi connectivity index (χ0n) is 16.2. The summed E-state index contributed by atoms with van der Waals surface area (Å²) < 4.78 is 0. The van der Waals surface area contributed by atoms with Crippen LogP contribution < -0.4 is 5.32 Å². The summed E-state index contributed by atoms with van der Waals surface area (Å²) >= 11 is 0. The van der Waals surface area contributed by atoms with Crippen LogP contribution in [0.2, 0.25) is 0 Å². The molecule has 0 saturated heterocycles. The third-order valence-electron chi connectivity index (χ3n) is 4.91. The van der Waals surface area contributed by atoms with E-state index in [9.17, 15) is 14.7 Å². The van der Waals surface area contributed by atoms with E-state index in [-0.39, 0.29) is 23.1 Å². The first kappa shape index (κ1) is 18.5. The Hall–Kier alpha value is -4.52. The number of aliphatic imine (C=N–C) groups is 1.